The smallest absolute Gasteiger partial charge is 0.412 e. The van der Waals surface area contributed by atoms with Crippen LogP contribution in [-0.4, -0.2) is 25.9 Å². The van der Waals surface area contributed by atoms with Crippen molar-refractivity contribution in [1.82, 2.24) is 5.16 Å². The molecule has 1 heterocycles. The van der Waals surface area contributed by atoms with Gasteiger partial charge in [-0.2, -0.15) is 0 Å². The van der Waals surface area contributed by atoms with Crippen LogP contribution < -0.4 is 5.32 Å². The number of aromatic nitrogens is 1. The number of nitrogens with zero attached hydrogens (tertiary/aromatic N) is 1. The van der Waals surface area contributed by atoms with Gasteiger partial charge in [-0.05, 0) is 25.5 Å². The zero-order chi connectivity index (χ0) is 21.9. The van der Waals surface area contributed by atoms with Gasteiger partial charge in [0.1, 0.15) is 17.5 Å². The topological polar surface area (TPSA) is 98.5 Å². The predicted molar refractivity (Wildman–Crippen MR) is 115 cm³/mol. The lowest BCUT2D eigenvalue weighted by molar-refractivity contribution is 0.121. The molecule has 0 bridgehead atoms. The Morgan fingerprint density at radius 3 is 2.50 bits per heavy atom. The van der Waals surface area contributed by atoms with Gasteiger partial charge in [-0.15, -0.1) is 0 Å². The van der Waals surface area contributed by atoms with Gasteiger partial charge in [0.15, 0.2) is 15.6 Å². The van der Waals surface area contributed by atoms with Gasteiger partial charge in [0, 0.05) is 22.4 Å². The maximum Gasteiger partial charge on any atom is 0.412 e. The van der Waals surface area contributed by atoms with E-state index in [-0.39, 0.29) is 5.75 Å². The summed E-state index contributed by atoms with van der Waals surface area (Å²) in [5.41, 5.74) is 2.84. The highest BCUT2D eigenvalue weighted by Crippen LogP contribution is 2.32. The van der Waals surface area contributed by atoms with E-state index in [0.717, 1.165) is 0 Å². The average molecular weight is 449 g/mol. The van der Waals surface area contributed by atoms with Crippen LogP contribution in [0.25, 0.3) is 11.3 Å². The van der Waals surface area contributed by atoms with Gasteiger partial charge < -0.3 is 9.26 Å². The number of carbonyl (C=O) groups is 1. The third kappa shape index (κ3) is 5.40. The first-order valence-electron chi connectivity index (χ1n) is 9.09. The standard InChI is InChI=1S/C21H21ClN2O5S/c1-13-19(23-21(25)28-14(2)17-6-4-5-7-18(17)22)20(29-24-13)16-10-8-15(9-11-16)12-30(3,26)27/h4-11,14H,12H2,1-3H3,(H,23,25). The van der Waals surface area contributed by atoms with E-state index < -0.39 is 22.0 Å². The summed E-state index contributed by atoms with van der Waals surface area (Å²) < 4.78 is 33.7. The summed E-state index contributed by atoms with van der Waals surface area (Å²) in [7, 11) is -3.13. The molecule has 0 saturated heterocycles. The minimum atomic E-state index is -3.13. The molecule has 1 aromatic heterocycles. The Labute approximate surface area is 179 Å². The number of hydrogen-bond donors (Lipinski definition) is 1. The van der Waals surface area contributed by atoms with Crippen molar-refractivity contribution in [2.75, 3.05) is 11.6 Å². The van der Waals surface area contributed by atoms with E-state index in [2.05, 4.69) is 10.5 Å². The lowest BCUT2D eigenvalue weighted by Crippen LogP contribution is -2.17. The number of nitrogens with one attached hydrogen (secondary N) is 1. The fourth-order valence-electron chi connectivity index (χ4n) is 2.93. The molecule has 3 rings (SSSR count). The van der Waals surface area contributed by atoms with Crippen molar-refractivity contribution in [3.63, 3.8) is 0 Å². The Bertz CT molecular complexity index is 1160. The van der Waals surface area contributed by atoms with Crippen molar-refractivity contribution in [3.05, 3.63) is 70.4 Å². The van der Waals surface area contributed by atoms with Crippen LogP contribution in [0.5, 0.6) is 0 Å². The lowest BCUT2D eigenvalue weighted by Gasteiger charge is -2.15. The molecule has 1 atom stereocenters. The van der Waals surface area contributed by atoms with Gasteiger partial charge in [-0.25, -0.2) is 13.2 Å². The molecule has 0 saturated carbocycles. The van der Waals surface area contributed by atoms with Crippen molar-refractivity contribution in [3.8, 4) is 11.3 Å². The minimum absolute atomic E-state index is 0.0555. The molecule has 1 amide bonds. The highest BCUT2D eigenvalue weighted by Gasteiger charge is 2.20. The summed E-state index contributed by atoms with van der Waals surface area (Å²) >= 11 is 6.15. The molecule has 7 nitrogen and oxygen atoms in total. The highest BCUT2D eigenvalue weighted by molar-refractivity contribution is 7.89. The second-order valence-electron chi connectivity index (χ2n) is 6.93. The Morgan fingerprint density at radius 2 is 1.87 bits per heavy atom. The van der Waals surface area contributed by atoms with Crippen LogP contribution in [0.3, 0.4) is 0 Å². The second kappa shape index (κ2) is 8.89. The number of aryl methyl sites for hydroxylation is 1. The third-order valence-corrected chi connectivity index (χ3v) is 5.56. The Hall–Kier alpha value is -2.84. The largest absolute Gasteiger partial charge is 0.441 e. The van der Waals surface area contributed by atoms with Crippen molar-refractivity contribution in [2.24, 2.45) is 0 Å². The van der Waals surface area contributed by atoms with E-state index in [1.807, 2.05) is 6.07 Å². The maximum atomic E-state index is 12.4. The number of rotatable bonds is 6. The summed E-state index contributed by atoms with van der Waals surface area (Å²) in [6.45, 7) is 3.42. The number of anilines is 1. The second-order valence-corrected chi connectivity index (χ2v) is 9.48. The Morgan fingerprint density at radius 1 is 1.20 bits per heavy atom. The van der Waals surface area contributed by atoms with Crippen LogP contribution in [-0.2, 0) is 20.3 Å². The van der Waals surface area contributed by atoms with Crippen molar-refractivity contribution >= 4 is 33.2 Å². The SMILES string of the molecule is Cc1noc(-c2ccc(CS(C)(=O)=O)cc2)c1NC(=O)OC(C)c1ccccc1Cl. The minimum Gasteiger partial charge on any atom is -0.441 e. The number of sulfone groups is 1. The summed E-state index contributed by atoms with van der Waals surface area (Å²) in [5, 5.41) is 7.10. The van der Waals surface area contributed by atoms with E-state index >= 15 is 0 Å². The zero-order valence-electron chi connectivity index (χ0n) is 16.7. The normalized spacial score (nSPS) is 12.4. The first kappa shape index (κ1) is 21.9. The maximum absolute atomic E-state index is 12.4. The zero-order valence-corrected chi connectivity index (χ0v) is 18.3. The average Bonchev–Trinajstić information content (AvgIpc) is 3.02. The van der Waals surface area contributed by atoms with Crippen LogP contribution in [0.4, 0.5) is 10.5 Å². The van der Waals surface area contributed by atoms with E-state index in [4.69, 9.17) is 20.9 Å². The fraction of sp³-hybridized carbons (Fsp3) is 0.238. The summed E-state index contributed by atoms with van der Waals surface area (Å²) in [4.78, 5) is 12.4. The predicted octanol–water partition coefficient (Wildman–Crippen LogP) is 5.16. The Kier molecular flexibility index (Phi) is 6.48. The first-order valence-corrected chi connectivity index (χ1v) is 11.5. The molecular weight excluding hydrogens is 428 g/mol. The molecule has 158 valence electrons. The number of halogens is 1. The molecule has 0 aliphatic carbocycles. The molecule has 0 fully saturated rings. The number of ether oxygens (including phenoxy) is 1. The molecule has 0 spiro atoms. The van der Waals surface area contributed by atoms with Gasteiger partial charge >= 0.3 is 6.09 Å². The van der Waals surface area contributed by atoms with Crippen molar-refractivity contribution in [1.29, 1.82) is 0 Å². The van der Waals surface area contributed by atoms with Gasteiger partial charge in [0.25, 0.3) is 0 Å². The molecule has 9 heteroatoms. The molecule has 0 radical (unpaired) electrons. The molecule has 30 heavy (non-hydrogen) atoms. The number of carbonyl (C=O) groups excluding carboxylic acids is 1. The quantitative estimate of drug-likeness (QED) is 0.559. The van der Waals surface area contributed by atoms with E-state index in [0.29, 0.717) is 38.9 Å². The summed E-state index contributed by atoms with van der Waals surface area (Å²) in [6, 6.07) is 13.9. The van der Waals surface area contributed by atoms with Crippen LogP contribution in [0.1, 0.15) is 29.8 Å². The number of hydrogen-bond acceptors (Lipinski definition) is 6. The van der Waals surface area contributed by atoms with Crippen molar-refractivity contribution in [2.45, 2.75) is 25.7 Å². The molecule has 0 aliphatic heterocycles. The lowest BCUT2D eigenvalue weighted by atomic mass is 10.1. The van der Waals surface area contributed by atoms with Crippen LogP contribution in [0.15, 0.2) is 53.1 Å². The monoisotopic (exact) mass is 448 g/mol. The van der Waals surface area contributed by atoms with Gasteiger partial charge in [-0.1, -0.05) is 59.2 Å². The molecule has 0 aliphatic rings. The fourth-order valence-corrected chi connectivity index (χ4v) is 4.02. The third-order valence-electron chi connectivity index (χ3n) is 4.36. The van der Waals surface area contributed by atoms with Crippen LogP contribution in [0.2, 0.25) is 5.02 Å². The van der Waals surface area contributed by atoms with Crippen LogP contribution >= 0.6 is 11.6 Å². The first-order chi connectivity index (χ1) is 14.1. The molecule has 2 aromatic carbocycles. The van der Waals surface area contributed by atoms with Crippen molar-refractivity contribution < 1.29 is 22.5 Å². The number of benzene rings is 2. The van der Waals surface area contributed by atoms with E-state index in [1.54, 1.807) is 56.3 Å². The van der Waals surface area contributed by atoms with E-state index in [9.17, 15) is 13.2 Å². The Balaban J connectivity index is 1.76. The number of amides is 1. The molecule has 1 unspecified atom stereocenters. The molecule has 3 aromatic rings. The van der Waals surface area contributed by atoms with Gasteiger partial charge in [-0.3, -0.25) is 5.32 Å². The summed E-state index contributed by atoms with van der Waals surface area (Å²) in [5.74, 6) is 0.292. The van der Waals surface area contributed by atoms with Gasteiger partial charge in [0.2, 0.25) is 0 Å². The van der Waals surface area contributed by atoms with Gasteiger partial charge in [0.05, 0.1) is 5.75 Å². The van der Waals surface area contributed by atoms with E-state index in [1.165, 1.54) is 6.26 Å². The molecular formula is C21H21ClN2O5S. The molecule has 1 N–H and O–H groups in total. The summed E-state index contributed by atoms with van der Waals surface area (Å²) in [6.07, 6.45) is -0.0564. The highest BCUT2D eigenvalue weighted by atomic mass is 35.5. The van der Waals surface area contributed by atoms with Crippen LogP contribution in [0, 0.1) is 6.92 Å².